The van der Waals surface area contributed by atoms with Crippen molar-refractivity contribution in [3.63, 3.8) is 0 Å². The monoisotopic (exact) mass is 478 g/mol. The minimum atomic E-state index is -0.880. The lowest BCUT2D eigenvalue weighted by molar-refractivity contribution is -0.138. The predicted octanol–water partition coefficient (Wildman–Crippen LogP) is 4.85. The maximum atomic E-state index is 12.7. The predicted molar refractivity (Wildman–Crippen MR) is 133 cm³/mol. The van der Waals surface area contributed by atoms with Gasteiger partial charge in [0.1, 0.15) is 6.61 Å². The molecule has 3 N–H and O–H groups in total. The van der Waals surface area contributed by atoms with Crippen LogP contribution < -0.4 is 10.6 Å². The normalized spacial score (nSPS) is 15.9. The number of fused-ring (bicyclic) bond motifs is 3. The Balaban J connectivity index is 1.29. The third kappa shape index (κ3) is 5.84. The fourth-order valence-corrected chi connectivity index (χ4v) is 5.25. The molecule has 0 saturated heterocycles. The smallest absolute Gasteiger partial charge is 0.407 e. The molecule has 0 aliphatic heterocycles. The van der Waals surface area contributed by atoms with Gasteiger partial charge in [0, 0.05) is 30.8 Å². The van der Waals surface area contributed by atoms with Gasteiger partial charge in [0.15, 0.2) is 0 Å². The minimum Gasteiger partial charge on any atom is -0.481 e. The Labute approximate surface area is 206 Å². The number of carboxylic acid groups (broad SMARTS) is 1. The Morgan fingerprint density at radius 2 is 1.63 bits per heavy atom. The average Bonchev–Trinajstić information content (AvgIpc) is 3.11. The van der Waals surface area contributed by atoms with E-state index in [1.54, 1.807) is 0 Å². The van der Waals surface area contributed by atoms with Crippen LogP contribution in [-0.4, -0.2) is 41.8 Å². The van der Waals surface area contributed by atoms with E-state index in [0.29, 0.717) is 19.4 Å². The molecule has 2 aromatic carbocycles. The van der Waals surface area contributed by atoms with Gasteiger partial charge in [-0.15, -0.1) is 0 Å². The largest absolute Gasteiger partial charge is 0.481 e. The molecule has 186 valence electrons. The zero-order valence-corrected chi connectivity index (χ0v) is 20.4. The van der Waals surface area contributed by atoms with Crippen molar-refractivity contribution in [1.82, 2.24) is 10.6 Å². The second-order valence-electron chi connectivity index (χ2n) is 10.5. The molecule has 0 atom stereocenters. The van der Waals surface area contributed by atoms with Crippen LogP contribution in [0.3, 0.4) is 0 Å². The number of ether oxygens (including phenoxy) is 1. The Kier molecular flexibility index (Phi) is 7.15. The van der Waals surface area contributed by atoms with Crippen molar-refractivity contribution >= 4 is 18.0 Å². The zero-order chi connectivity index (χ0) is 25.1. The molecule has 0 spiro atoms. The quantitative estimate of drug-likeness (QED) is 0.453. The maximum absolute atomic E-state index is 12.7. The minimum absolute atomic E-state index is 0.00175. The average molecular weight is 479 g/mol. The standard InChI is InChI=1S/C28H34N2O5/c1-27(2,15-12-25(32)33)30-24(31)16-28(13-7-14-28)18-29-26(34)35-17-23-21-10-5-3-8-19(21)20-9-4-6-11-22(20)23/h3-6,8-11,23H,7,12-18H2,1-2H3,(H,29,34)(H,30,31)(H,32,33). The molecule has 4 rings (SSSR count). The van der Waals surface area contributed by atoms with Gasteiger partial charge >= 0.3 is 12.1 Å². The fraction of sp³-hybridized carbons (Fsp3) is 0.464. The Bertz CT molecular complexity index is 1060. The second kappa shape index (κ2) is 10.1. The van der Waals surface area contributed by atoms with Gasteiger partial charge in [-0.05, 0) is 60.8 Å². The Morgan fingerprint density at radius 3 is 2.17 bits per heavy atom. The molecule has 1 fully saturated rings. The first kappa shape index (κ1) is 24.8. The summed E-state index contributed by atoms with van der Waals surface area (Å²) in [6.07, 6.45) is 2.93. The molecule has 0 unspecified atom stereocenters. The number of benzene rings is 2. The molecule has 7 nitrogen and oxygen atoms in total. The number of nitrogens with one attached hydrogen (secondary N) is 2. The number of aliphatic carboxylic acids is 1. The lowest BCUT2D eigenvalue weighted by Gasteiger charge is -2.42. The third-order valence-corrected chi connectivity index (χ3v) is 7.34. The molecule has 0 radical (unpaired) electrons. The molecular formula is C28H34N2O5. The lowest BCUT2D eigenvalue weighted by atomic mass is 9.66. The molecule has 0 heterocycles. The lowest BCUT2D eigenvalue weighted by Crippen LogP contribution is -2.49. The summed E-state index contributed by atoms with van der Waals surface area (Å²) in [5.74, 6) is -0.992. The van der Waals surface area contributed by atoms with E-state index >= 15 is 0 Å². The van der Waals surface area contributed by atoms with Crippen molar-refractivity contribution in [2.24, 2.45) is 5.41 Å². The number of alkyl carbamates (subject to hydrolysis) is 1. The van der Waals surface area contributed by atoms with Crippen LogP contribution in [0.25, 0.3) is 11.1 Å². The van der Waals surface area contributed by atoms with E-state index in [1.165, 1.54) is 22.3 Å². The van der Waals surface area contributed by atoms with Gasteiger partial charge in [-0.25, -0.2) is 4.79 Å². The van der Waals surface area contributed by atoms with Crippen molar-refractivity contribution in [3.8, 4) is 11.1 Å². The number of carbonyl (C=O) groups is 3. The van der Waals surface area contributed by atoms with E-state index in [0.717, 1.165) is 19.3 Å². The van der Waals surface area contributed by atoms with Gasteiger partial charge in [0.05, 0.1) is 0 Å². The van der Waals surface area contributed by atoms with Gasteiger partial charge in [-0.3, -0.25) is 9.59 Å². The summed E-state index contributed by atoms with van der Waals surface area (Å²) >= 11 is 0. The van der Waals surface area contributed by atoms with Crippen molar-refractivity contribution in [2.75, 3.05) is 13.2 Å². The van der Waals surface area contributed by atoms with Crippen LogP contribution in [0.15, 0.2) is 48.5 Å². The van der Waals surface area contributed by atoms with Gasteiger partial charge in [0.25, 0.3) is 0 Å². The molecule has 0 bridgehead atoms. The summed E-state index contributed by atoms with van der Waals surface area (Å²) in [6, 6.07) is 16.4. The summed E-state index contributed by atoms with van der Waals surface area (Å²) in [5.41, 5.74) is 3.82. The number of amides is 2. The van der Waals surface area contributed by atoms with Crippen molar-refractivity contribution < 1.29 is 24.2 Å². The van der Waals surface area contributed by atoms with E-state index in [2.05, 4.69) is 34.9 Å². The van der Waals surface area contributed by atoms with Crippen molar-refractivity contribution in [1.29, 1.82) is 0 Å². The van der Waals surface area contributed by atoms with E-state index in [4.69, 9.17) is 9.84 Å². The number of hydrogen-bond acceptors (Lipinski definition) is 4. The zero-order valence-electron chi connectivity index (χ0n) is 20.4. The first-order chi connectivity index (χ1) is 16.7. The fourth-order valence-electron chi connectivity index (χ4n) is 5.25. The van der Waals surface area contributed by atoms with E-state index < -0.39 is 17.6 Å². The van der Waals surface area contributed by atoms with Crippen LogP contribution in [0, 0.1) is 5.41 Å². The molecule has 2 aromatic rings. The molecular weight excluding hydrogens is 444 g/mol. The molecule has 1 saturated carbocycles. The molecule has 7 heteroatoms. The van der Waals surface area contributed by atoms with E-state index in [-0.39, 0.29) is 30.3 Å². The van der Waals surface area contributed by atoms with E-state index in [1.807, 2.05) is 38.1 Å². The summed E-state index contributed by atoms with van der Waals surface area (Å²) < 4.78 is 5.64. The van der Waals surface area contributed by atoms with Crippen molar-refractivity contribution in [3.05, 3.63) is 59.7 Å². The van der Waals surface area contributed by atoms with Gasteiger partial charge in [0.2, 0.25) is 5.91 Å². The SMILES string of the molecule is CC(C)(CCC(=O)O)NC(=O)CC1(CNC(=O)OCC2c3ccccc3-c3ccccc32)CCC1. The highest BCUT2D eigenvalue weighted by Crippen LogP contribution is 2.45. The molecule has 2 aliphatic carbocycles. The second-order valence-corrected chi connectivity index (χ2v) is 10.5. The summed E-state index contributed by atoms with van der Waals surface area (Å²) in [7, 11) is 0. The van der Waals surface area contributed by atoms with Crippen LogP contribution in [0.1, 0.15) is 69.4 Å². The van der Waals surface area contributed by atoms with Gasteiger partial charge < -0.3 is 20.5 Å². The first-order valence-corrected chi connectivity index (χ1v) is 12.3. The third-order valence-electron chi connectivity index (χ3n) is 7.34. The topological polar surface area (TPSA) is 105 Å². The summed E-state index contributed by atoms with van der Waals surface area (Å²) in [5, 5.41) is 14.8. The number of carbonyl (C=O) groups excluding carboxylic acids is 2. The summed E-state index contributed by atoms with van der Waals surface area (Å²) in [6.45, 7) is 4.30. The first-order valence-electron chi connectivity index (χ1n) is 12.3. The van der Waals surface area contributed by atoms with Crippen LogP contribution in [-0.2, 0) is 14.3 Å². The summed E-state index contributed by atoms with van der Waals surface area (Å²) in [4.78, 5) is 36.1. The Morgan fingerprint density at radius 1 is 1.03 bits per heavy atom. The van der Waals surface area contributed by atoms with E-state index in [9.17, 15) is 14.4 Å². The molecule has 0 aromatic heterocycles. The number of hydrogen-bond donors (Lipinski definition) is 3. The van der Waals surface area contributed by atoms with Crippen LogP contribution in [0.4, 0.5) is 4.79 Å². The van der Waals surface area contributed by atoms with Crippen LogP contribution >= 0.6 is 0 Å². The van der Waals surface area contributed by atoms with Crippen LogP contribution in [0.5, 0.6) is 0 Å². The molecule has 2 amide bonds. The highest BCUT2D eigenvalue weighted by molar-refractivity contribution is 5.79. The maximum Gasteiger partial charge on any atom is 0.407 e. The van der Waals surface area contributed by atoms with Gasteiger partial charge in [-0.1, -0.05) is 55.0 Å². The number of rotatable bonds is 10. The van der Waals surface area contributed by atoms with Crippen molar-refractivity contribution in [2.45, 2.75) is 63.8 Å². The number of carboxylic acids is 1. The Hall–Kier alpha value is -3.35. The van der Waals surface area contributed by atoms with Gasteiger partial charge in [-0.2, -0.15) is 0 Å². The highest BCUT2D eigenvalue weighted by atomic mass is 16.5. The van der Waals surface area contributed by atoms with Crippen LogP contribution in [0.2, 0.25) is 0 Å². The highest BCUT2D eigenvalue weighted by Gasteiger charge is 2.40. The molecule has 35 heavy (non-hydrogen) atoms. The molecule has 2 aliphatic rings.